The van der Waals surface area contributed by atoms with Gasteiger partial charge in [-0.05, 0) is 18.4 Å². The maximum absolute atomic E-state index is 9.54. The molecular formula is C5H10O2S. The van der Waals surface area contributed by atoms with Crippen molar-refractivity contribution in [1.29, 1.82) is 0 Å². The highest BCUT2D eigenvalue weighted by atomic mass is 32.2. The lowest BCUT2D eigenvalue weighted by atomic mass is 10.5. The molecule has 0 atom stereocenters. The van der Waals surface area contributed by atoms with Gasteiger partial charge < -0.3 is 4.74 Å². The van der Waals surface area contributed by atoms with Gasteiger partial charge in [-0.2, -0.15) is 11.8 Å². The van der Waals surface area contributed by atoms with Crippen LogP contribution in [0.1, 0.15) is 6.42 Å². The Labute approximate surface area is 53.6 Å². The van der Waals surface area contributed by atoms with E-state index in [2.05, 4.69) is 4.74 Å². The summed E-state index contributed by atoms with van der Waals surface area (Å²) in [4.78, 5) is 9.54. The topological polar surface area (TPSA) is 26.3 Å². The van der Waals surface area contributed by atoms with Crippen molar-refractivity contribution in [3.63, 3.8) is 0 Å². The van der Waals surface area contributed by atoms with Crippen LogP contribution in [0.5, 0.6) is 0 Å². The van der Waals surface area contributed by atoms with Gasteiger partial charge in [-0.15, -0.1) is 0 Å². The van der Waals surface area contributed by atoms with Crippen molar-refractivity contribution in [3.05, 3.63) is 0 Å². The van der Waals surface area contributed by atoms with Crippen molar-refractivity contribution >= 4 is 18.2 Å². The third-order valence-electron chi connectivity index (χ3n) is 0.679. The first-order valence-corrected chi connectivity index (χ1v) is 3.85. The first-order chi connectivity index (χ1) is 3.91. The minimum Gasteiger partial charge on any atom is -0.468 e. The smallest absolute Gasteiger partial charge is 0.293 e. The molecule has 0 bridgehead atoms. The Bertz CT molecular complexity index is 56.4. The SMILES string of the molecule is CSCCCOC=O. The lowest BCUT2D eigenvalue weighted by Crippen LogP contribution is -1.92. The van der Waals surface area contributed by atoms with Crippen molar-refractivity contribution in [2.75, 3.05) is 18.6 Å². The van der Waals surface area contributed by atoms with Crippen molar-refractivity contribution in [1.82, 2.24) is 0 Å². The van der Waals surface area contributed by atoms with Gasteiger partial charge in [0, 0.05) is 0 Å². The number of hydrogen-bond donors (Lipinski definition) is 0. The van der Waals surface area contributed by atoms with Gasteiger partial charge in [0.05, 0.1) is 6.61 Å². The molecule has 0 aliphatic carbocycles. The van der Waals surface area contributed by atoms with Crippen molar-refractivity contribution < 1.29 is 9.53 Å². The second kappa shape index (κ2) is 6.82. The Morgan fingerprint density at radius 1 is 1.75 bits per heavy atom. The van der Waals surface area contributed by atoms with E-state index in [1.54, 1.807) is 11.8 Å². The van der Waals surface area contributed by atoms with Crippen LogP contribution in [0.4, 0.5) is 0 Å². The summed E-state index contributed by atoms with van der Waals surface area (Å²) in [5.74, 6) is 1.06. The van der Waals surface area contributed by atoms with E-state index in [0.29, 0.717) is 13.1 Å². The third-order valence-corrected chi connectivity index (χ3v) is 1.38. The minimum atomic E-state index is 0.486. The fourth-order valence-corrected chi connectivity index (χ4v) is 0.741. The Morgan fingerprint density at radius 2 is 2.50 bits per heavy atom. The number of carbonyl (C=O) groups excluding carboxylic acids is 1. The summed E-state index contributed by atoms with van der Waals surface area (Å²) >= 11 is 1.76. The van der Waals surface area contributed by atoms with Crippen LogP contribution in [0, 0.1) is 0 Å². The molecule has 0 aromatic carbocycles. The van der Waals surface area contributed by atoms with E-state index >= 15 is 0 Å². The summed E-state index contributed by atoms with van der Waals surface area (Å²) in [5.41, 5.74) is 0. The van der Waals surface area contributed by atoms with Crippen LogP contribution in [0.2, 0.25) is 0 Å². The predicted octanol–water partition coefficient (Wildman–Crippen LogP) is 0.912. The van der Waals surface area contributed by atoms with E-state index in [1.165, 1.54) is 0 Å². The van der Waals surface area contributed by atoms with Gasteiger partial charge in [0.25, 0.3) is 6.47 Å². The largest absolute Gasteiger partial charge is 0.468 e. The molecule has 0 unspecified atom stereocenters. The normalized spacial score (nSPS) is 8.62. The molecule has 0 saturated carbocycles. The van der Waals surface area contributed by atoms with Crippen LogP contribution >= 0.6 is 11.8 Å². The summed E-state index contributed by atoms with van der Waals surface area (Å²) < 4.78 is 4.44. The predicted molar refractivity (Wildman–Crippen MR) is 35.0 cm³/mol. The summed E-state index contributed by atoms with van der Waals surface area (Å²) in [6.45, 7) is 1.05. The molecule has 0 saturated heterocycles. The number of ether oxygens (including phenoxy) is 1. The van der Waals surface area contributed by atoms with E-state index in [-0.39, 0.29) is 0 Å². The highest BCUT2D eigenvalue weighted by Crippen LogP contribution is 1.93. The third kappa shape index (κ3) is 5.82. The van der Waals surface area contributed by atoms with Crippen LogP contribution in [0.3, 0.4) is 0 Å². The zero-order valence-electron chi connectivity index (χ0n) is 4.92. The summed E-state index contributed by atoms with van der Waals surface area (Å²) in [6.07, 6.45) is 2.99. The molecule has 0 rings (SSSR count). The molecular weight excluding hydrogens is 124 g/mol. The molecule has 0 radical (unpaired) electrons. The fourth-order valence-electron chi connectivity index (χ4n) is 0.335. The molecule has 0 fully saturated rings. The molecule has 0 N–H and O–H groups in total. The molecule has 0 aromatic rings. The van der Waals surface area contributed by atoms with E-state index < -0.39 is 0 Å². The summed E-state index contributed by atoms with van der Waals surface area (Å²) in [6, 6.07) is 0. The molecule has 0 aromatic heterocycles. The molecule has 0 heterocycles. The van der Waals surface area contributed by atoms with Crippen LogP contribution in [0.15, 0.2) is 0 Å². The molecule has 8 heavy (non-hydrogen) atoms. The van der Waals surface area contributed by atoms with Gasteiger partial charge in [-0.1, -0.05) is 0 Å². The van der Waals surface area contributed by atoms with E-state index in [0.717, 1.165) is 12.2 Å². The highest BCUT2D eigenvalue weighted by molar-refractivity contribution is 7.98. The first-order valence-electron chi connectivity index (χ1n) is 2.46. The number of hydrogen-bond acceptors (Lipinski definition) is 3. The zero-order valence-corrected chi connectivity index (χ0v) is 5.74. The van der Waals surface area contributed by atoms with Gasteiger partial charge in [-0.3, -0.25) is 4.79 Å². The van der Waals surface area contributed by atoms with E-state index in [1.807, 2.05) is 6.26 Å². The quantitative estimate of drug-likeness (QED) is 0.413. The Morgan fingerprint density at radius 3 is 3.00 bits per heavy atom. The monoisotopic (exact) mass is 134 g/mol. The molecule has 0 amide bonds. The molecule has 0 aliphatic rings. The highest BCUT2D eigenvalue weighted by Gasteiger charge is 1.82. The van der Waals surface area contributed by atoms with Crippen molar-refractivity contribution in [2.24, 2.45) is 0 Å². The molecule has 0 spiro atoms. The van der Waals surface area contributed by atoms with Crippen molar-refractivity contribution in [3.8, 4) is 0 Å². The summed E-state index contributed by atoms with van der Waals surface area (Å²) in [5, 5.41) is 0. The van der Waals surface area contributed by atoms with Gasteiger partial charge in [0.15, 0.2) is 0 Å². The van der Waals surface area contributed by atoms with Crippen molar-refractivity contribution in [2.45, 2.75) is 6.42 Å². The van der Waals surface area contributed by atoms with Crippen LogP contribution in [0.25, 0.3) is 0 Å². The average molecular weight is 134 g/mol. The molecule has 0 aliphatic heterocycles. The maximum Gasteiger partial charge on any atom is 0.293 e. The number of thioether (sulfide) groups is 1. The average Bonchev–Trinajstić information content (AvgIpc) is 1.81. The standard InChI is InChI=1S/C5H10O2S/c1-8-4-2-3-7-5-6/h5H,2-4H2,1H3. The fraction of sp³-hybridized carbons (Fsp3) is 0.800. The van der Waals surface area contributed by atoms with Gasteiger partial charge in [-0.25, -0.2) is 0 Å². The van der Waals surface area contributed by atoms with Gasteiger partial charge in [0.2, 0.25) is 0 Å². The lowest BCUT2D eigenvalue weighted by molar-refractivity contribution is -0.128. The second-order valence-corrected chi connectivity index (χ2v) is 2.30. The number of carbonyl (C=O) groups is 1. The maximum atomic E-state index is 9.54. The lowest BCUT2D eigenvalue weighted by Gasteiger charge is -1.93. The van der Waals surface area contributed by atoms with E-state index in [4.69, 9.17) is 0 Å². The van der Waals surface area contributed by atoms with Gasteiger partial charge in [0.1, 0.15) is 0 Å². The minimum absolute atomic E-state index is 0.486. The Kier molecular flexibility index (Phi) is 6.67. The van der Waals surface area contributed by atoms with Crippen LogP contribution < -0.4 is 0 Å². The molecule has 3 heteroatoms. The molecule has 48 valence electrons. The van der Waals surface area contributed by atoms with E-state index in [9.17, 15) is 4.79 Å². The molecule has 2 nitrogen and oxygen atoms in total. The van der Waals surface area contributed by atoms with Crippen LogP contribution in [-0.2, 0) is 9.53 Å². The Hall–Kier alpha value is -0.180. The summed E-state index contributed by atoms with van der Waals surface area (Å²) in [7, 11) is 0. The first kappa shape index (κ1) is 7.82. The van der Waals surface area contributed by atoms with Gasteiger partial charge >= 0.3 is 0 Å². The Balaban J connectivity index is 2.62. The second-order valence-electron chi connectivity index (χ2n) is 1.31. The number of rotatable bonds is 5. The zero-order chi connectivity index (χ0) is 6.24. The van der Waals surface area contributed by atoms with Crippen LogP contribution in [-0.4, -0.2) is 25.1 Å².